The number of nitrogens with one attached hydrogen (secondary N) is 1. The molecule has 20 heavy (non-hydrogen) atoms. The van der Waals surface area contributed by atoms with Gasteiger partial charge in [0.05, 0.1) is 6.10 Å². The Morgan fingerprint density at radius 1 is 1.20 bits per heavy atom. The Morgan fingerprint density at radius 2 is 1.95 bits per heavy atom. The van der Waals surface area contributed by atoms with Crippen LogP contribution < -0.4 is 5.32 Å². The van der Waals surface area contributed by atoms with E-state index in [2.05, 4.69) is 12.2 Å². The van der Waals surface area contributed by atoms with E-state index in [-0.39, 0.29) is 18.7 Å². The van der Waals surface area contributed by atoms with Crippen molar-refractivity contribution in [2.75, 3.05) is 19.7 Å². The quantitative estimate of drug-likeness (QED) is 0.653. The smallest absolute Gasteiger partial charge is 0.131 e. The van der Waals surface area contributed by atoms with Crippen molar-refractivity contribution in [1.29, 1.82) is 0 Å². The maximum Gasteiger partial charge on any atom is 0.131 e. The van der Waals surface area contributed by atoms with Gasteiger partial charge in [-0.15, -0.1) is 0 Å². The van der Waals surface area contributed by atoms with Gasteiger partial charge in [0.25, 0.3) is 0 Å². The van der Waals surface area contributed by atoms with Crippen LogP contribution in [0, 0.1) is 17.6 Å². The molecule has 114 valence electrons. The van der Waals surface area contributed by atoms with Crippen molar-refractivity contribution < 1.29 is 19.0 Å². The van der Waals surface area contributed by atoms with Gasteiger partial charge in [-0.3, -0.25) is 0 Å². The van der Waals surface area contributed by atoms with Gasteiger partial charge in [-0.2, -0.15) is 0 Å². The van der Waals surface area contributed by atoms with Crippen molar-refractivity contribution in [3.63, 3.8) is 0 Å². The first-order valence-electron chi connectivity index (χ1n) is 7.03. The average molecular weight is 287 g/mol. The fourth-order valence-corrected chi connectivity index (χ4v) is 2.25. The number of hydrogen-bond acceptors (Lipinski definition) is 3. The molecule has 0 aliphatic heterocycles. The molecule has 0 spiro atoms. The molecule has 0 bridgehead atoms. The van der Waals surface area contributed by atoms with Crippen LogP contribution in [0.3, 0.4) is 0 Å². The molecule has 0 radical (unpaired) electrons. The summed E-state index contributed by atoms with van der Waals surface area (Å²) in [5.74, 6) is -1.05. The molecule has 3 N–H and O–H groups in total. The lowest BCUT2D eigenvalue weighted by Gasteiger charge is -2.18. The molecule has 1 rings (SSSR count). The molecule has 0 aliphatic carbocycles. The predicted octanol–water partition coefficient (Wildman–Crippen LogP) is 2.39. The van der Waals surface area contributed by atoms with Gasteiger partial charge in [-0.05, 0) is 31.4 Å². The molecule has 2 atom stereocenters. The largest absolute Gasteiger partial charge is 0.396 e. The van der Waals surface area contributed by atoms with Crippen molar-refractivity contribution in [2.45, 2.75) is 32.3 Å². The summed E-state index contributed by atoms with van der Waals surface area (Å²) in [4.78, 5) is 0. The second-order valence-electron chi connectivity index (χ2n) is 5.01. The van der Waals surface area contributed by atoms with Crippen molar-refractivity contribution in [2.24, 2.45) is 5.92 Å². The van der Waals surface area contributed by atoms with E-state index in [4.69, 9.17) is 5.11 Å². The van der Waals surface area contributed by atoms with Crippen molar-refractivity contribution in [1.82, 2.24) is 5.32 Å². The summed E-state index contributed by atoms with van der Waals surface area (Å²) in [5, 5.41) is 21.9. The average Bonchev–Trinajstić information content (AvgIpc) is 2.39. The zero-order valence-electron chi connectivity index (χ0n) is 11.8. The van der Waals surface area contributed by atoms with Crippen LogP contribution in [0.25, 0.3) is 0 Å². The number of benzene rings is 1. The first kappa shape index (κ1) is 17.0. The number of aliphatic hydroxyl groups is 2. The first-order chi connectivity index (χ1) is 9.58. The van der Waals surface area contributed by atoms with E-state index in [1.54, 1.807) is 0 Å². The second kappa shape index (κ2) is 9.00. The normalized spacial score (nSPS) is 14.2. The van der Waals surface area contributed by atoms with Crippen molar-refractivity contribution >= 4 is 0 Å². The lowest BCUT2D eigenvalue weighted by Crippen LogP contribution is -2.28. The molecule has 5 heteroatoms. The Bertz CT molecular complexity index is 395. The molecule has 2 unspecified atom stereocenters. The minimum atomic E-state index is -1.01. The van der Waals surface area contributed by atoms with Crippen LogP contribution in [0.5, 0.6) is 0 Å². The molecule has 0 fully saturated rings. The lowest BCUT2D eigenvalue weighted by atomic mass is 10.00. The van der Waals surface area contributed by atoms with Gasteiger partial charge in [-0.1, -0.05) is 19.4 Å². The Kier molecular flexibility index (Phi) is 7.65. The number of aliphatic hydroxyl groups excluding tert-OH is 2. The van der Waals surface area contributed by atoms with Crippen LogP contribution in [0.15, 0.2) is 18.2 Å². The number of hydrogen-bond donors (Lipinski definition) is 3. The summed E-state index contributed by atoms with van der Waals surface area (Å²) in [5.41, 5.74) is 0.0908. The lowest BCUT2D eigenvalue weighted by molar-refractivity contribution is 0.165. The predicted molar refractivity (Wildman–Crippen MR) is 74.3 cm³/mol. The van der Waals surface area contributed by atoms with E-state index < -0.39 is 17.7 Å². The zero-order chi connectivity index (χ0) is 15.0. The van der Waals surface area contributed by atoms with Crippen LogP contribution >= 0.6 is 0 Å². The molecular formula is C15H23F2NO2. The third kappa shape index (κ3) is 5.53. The number of rotatable bonds is 9. The van der Waals surface area contributed by atoms with E-state index in [9.17, 15) is 13.9 Å². The van der Waals surface area contributed by atoms with Gasteiger partial charge in [0.1, 0.15) is 11.6 Å². The van der Waals surface area contributed by atoms with Gasteiger partial charge in [-0.25, -0.2) is 8.78 Å². The fraction of sp³-hybridized carbons (Fsp3) is 0.600. The molecule has 1 aromatic carbocycles. The summed E-state index contributed by atoms with van der Waals surface area (Å²) in [7, 11) is 0. The highest BCUT2D eigenvalue weighted by Crippen LogP contribution is 2.17. The van der Waals surface area contributed by atoms with Crippen molar-refractivity contribution in [3.8, 4) is 0 Å². The summed E-state index contributed by atoms with van der Waals surface area (Å²) in [6.45, 7) is 3.08. The molecule has 0 aromatic heterocycles. The summed E-state index contributed by atoms with van der Waals surface area (Å²) in [6, 6.07) is 3.16. The molecule has 0 aliphatic rings. The monoisotopic (exact) mass is 287 g/mol. The van der Waals surface area contributed by atoms with E-state index in [1.807, 2.05) is 0 Å². The van der Waals surface area contributed by atoms with Crippen LogP contribution in [0.2, 0.25) is 0 Å². The van der Waals surface area contributed by atoms with Gasteiger partial charge in [0.2, 0.25) is 0 Å². The van der Waals surface area contributed by atoms with Crippen LogP contribution in [0.1, 0.15) is 37.9 Å². The third-order valence-electron chi connectivity index (χ3n) is 3.33. The number of halogens is 2. The van der Waals surface area contributed by atoms with Crippen LogP contribution in [-0.4, -0.2) is 29.9 Å². The minimum absolute atomic E-state index is 0.0908. The highest BCUT2D eigenvalue weighted by Gasteiger charge is 2.14. The minimum Gasteiger partial charge on any atom is -0.396 e. The Hall–Kier alpha value is -1.04. The molecule has 0 saturated carbocycles. The Morgan fingerprint density at radius 3 is 2.55 bits per heavy atom. The molecule has 0 amide bonds. The van der Waals surface area contributed by atoms with Crippen LogP contribution in [-0.2, 0) is 0 Å². The van der Waals surface area contributed by atoms with Gasteiger partial charge >= 0.3 is 0 Å². The topological polar surface area (TPSA) is 52.5 Å². The Balaban J connectivity index is 2.44. The molecule has 1 aromatic rings. The summed E-state index contributed by atoms with van der Waals surface area (Å²) in [6.07, 6.45) is 1.73. The molecule has 0 saturated heterocycles. The highest BCUT2D eigenvalue weighted by molar-refractivity contribution is 5.21. The zero-order valence-corrected chi connectivity index (χ0v) is 11.8. The van der Waals surface area contributed by atoms with E-state index in [0.717, 1.165) is 25.0 Å². The van der Waals surface area contributed by atoms with E-state index in [1.165, 1.54) is 6.07 Å². The summed E-state index contributed by atoms with van der Waals surface area (Å²) >= 11 is 0. The van der Waals surface area contributed by atoms with E-state index in [0.29, 0.717) is 18.9 Å². The summed E-state index contributed by atoms with van der Waals surface area (Å²) < 4.78 is 26.2. The van der Waals surface area contributed by atoms with Crippen molar-refractivity contribution in [3.05, 3.63) is 35.4 Å². The standard InChI is InChI=1S/C15H23F2NO2/c1-2-3-11(6-7-19)9-18-10-15(20)13-5-4-12(16)8-14(13)17/h4-5,8,11,15,18-20H,2-3,6-7,9-10H2,1H3. The van der Waals surface area contributed by atoms with Crippen LogP contribution in [0.4, 0.5) is 8.78 Å². The maximum atomic E-state index is 13.5. The fourth-order valence-electron chi connectivity index (χ4n) is 2.25. The molecule has 0 heterocycles. The molecular weight excluding hydrogens is 264 g/mol. The van der Waals surface area contributed by atoms with E-state index >= 15 is 0 Å². The van der Waals surface area contributed by atoms with Gasteiger partial charge in [0.15, 0.2) is 0 Å². The second-order valence-corrected chi connectivity index (χ2v) is 5.01. The maximum absolute atomic E-state index is 13.5. The van der Waals surface area contributed by atoms with Gasteiger partial charge < -0.3 is 15.5 Å². The first-order valence-corrected chi connectivity index (χ1v) is 7.03. The third-order valence-corrected chi connectivity index (χ3v) is 3.33. The van der Waals surface area contributed by atoms with Gasteiger partial charge in [0, 0.05) is 24.8 Å². The molecule has 3 nitrogen and oxygen atoms in total. The SMILES string of the molecule is CCCC(CCO)CNCC(O)c1ccc(F)cc1F. The highest BCUT2D eigenvalue weighted by atomic mass is 19.1. The Labute approximate surface area is 118 Å².